The number of carboxylic acid groups (broad SMARTS) is 3. The zero-order valence-corrected chi connectivity index (χ0v) is 26.1. The molecule has 50 heavy (non-hydrogen) atoms. The third-order valence-electron chi connectivity index (χ3n) is 9.09. The number of hydrogen-bond donors (Lipinski definition) is 13. The summed E-state index contributed by atoms with van der Waals surface area (Å²) in [4.78, 5) is 35.8. The van der Waals surface area contributed by atoms with E-state index in [4.69, 9.17) is 18.9 Å². The summed E-state index contributed by atoms with van der Waals surface area (Å²) in [6.07, 6.45) is -14.8. The number of nitrogens with one attached hydrogen (secondary N) is 2. The second-order valence-electron chi connectivity index (χ2n) is 12.3. The van der Waals surface area contributed by atoms with Crippen molar-refractivity contribution in [2.24, 2.45) is 0 Å². The molecule has 1 aromatic carbocycles. The van der Waals surface area contributed by atoms with E-state index in [0.29, 0.717) is 21.7 Å². The fraction of sp³-hybridized carbons (Fsp3) is 0.567. The minimum Gasteiger partial charge on any atom is -0.504 e. The normalized spacial score (nSPS) is 37.8. The van der Waals surface area contributed by atoms with Gasteiger partial charge in [-0.1, -0.05) is 0 Å². The lowest BCUT2D eigenvalue weighted by Crippen LogP contribution is -3.11. The van der Waals surface area contributed by atoms with Crippen molar-refractivity contribution >= 4 is 23.6 Å². The van der Waals surface area contributed by atoms with Gasteiger partial charge in [-0.2, -0.15) is 0 Å². The number of aliphatic carboxylic acids is 3. The quantitative estimate of drug-likeness (QED) is 0.0949. The number of aromatic hydroxyl groups is 1. The predicted octanol–water partition coefficient (Wildman–Crippen LogP) is -5.74. The molecule has 4 aliphatic rings. The highest BCUT2D eigenvalue weighted by Crippen LogP contribution is 2.37. The molecule has 2 saturated heterocycles. The Kier molecular flexibility index (Phi) is 11.3. The molecular weight excluding hydrogens is 676 g/mol. The highest BCUT2D eigenvalue weighted by Gasteiger charge is 2.52. The van der Waals surface area contributed by atoms with E-state index < -0.39 is 110 Å². The summed E-state index contributed by atoms with van der Waals surface area (Å²) in [6, 6.07) is 0.178. The highest BCUT2D eigenvalue weighted by atomic mass is 16.8. The Hall–Kier alpha value is -3.93. The number of phenols is 1. The summed E-state index contributed by atoms with van der Waals surface area (Å²) in [5.41, 5.74) is 0.673. The monoisotopic (exact) mass is 715 g/mol. The minimum atomic E-state index is -1.92. The van der Waals surface area contributed by atoms with E-state index in [1.807, 2.05) is 0 Å². The lowest BCUT2D eigenvalue weighted by molar-refractivity contribution is -0.838. The zero-order chi connectivity index (χ0) is 36.6. The summed E-state index contributed by atoms with van der Waals surface area (Å²) in [7, 11) is 0. The molecule has 276 valence electrons. The Balaban J connectivity index is 1.44. The van der Waals surface area contributed by atoms with Gasteiger partial charge in [0.15, 0.2) is 29.9 Å². The number of aliphatic hydroxyl groups is 7. The van der Waals surface area contributed by atoms with Crippen molar-refractivity contribution in [1.82, 2.24) is 5.32 Å². The summed E-state index contributed by atoms with van der Waals surface area (Å²) in [5, 5.41) is 114. The van der Waals surface area contributed by atoms with Crippen LogP contribution in [0.2, 0.25) is 0 Å². The van der Waals surface area contributed by atoms with Crippen molar-refractivity contribution < 1.29 is 94.4 Å². The van der Waals surface area contributed by atoms with Crippen molar-refractivity contribution in [3.8, 4) is 11.5 Å². The number of carboxylic acids is 3. The second kappa shape index (κ2) is 15.1. The van der Waals surface area contributed by atoms with Gasteiger partial charge in [0.2, 0.25) is 6.29 Å². The molecule has 0 aromatic heterocycles. The van der Waals surface area contributed by atoms with Gasteiger partial charge < -0.3 is 80.4 Å². The second-order valence-corrected chi connectivity index (χ2v) is 12.3. The predicted molar refractivity (Wildman–Crippen MR) is 159 cm³/mol. The van der Waals surface area contributed by atoms with E-state index in [0.717, 1.165) is 0 Å². The van der Waals surface area contributed by atoms with Crippen LogP contribution in [-0.2, 0) is 35.0 Å². The Morgan fingerprint density at radius 2 is 1.50 bits per heavy atom. The van der Waals surface area contributed by atoms with Crippen LogP contribution in [0.3, 0.4) is 0 Å². The van der Waals surface area contributed by atoms with Crippen molar-refractivity contribution in [1.29, 1.82) is 0 Å². The molecule has 0 radical (unpaired) electrons. The average molecular weight is 716 g/mol. The highest BCUT2D eigenvalue weighted by molar-refractivity contribution is 5.89. The molecule has 0 bridgehead atoms. The maximum atomic E-state index is 12.3. The van der Waals surface area contributed by atoms with Crippen molar-refractivity contribution in [3.05, 3.63) is 41.1 Å². The molecule has 20 heteroatoms. The van der Waals surface area contributed by atoms with Gasteiger partial charge in [0.05, 0.1) is 13.2 Å². The molecule has 0 aliphatic carbocycles. The van der Waals surface area contributed by atoms with E-state index in [2.05, 4.69) is 5.32 Å². The molecule has 1 unspecified atom stereocenters. The average Bonchev–Trinajstić information content (AvgIpc) is 3.43. The molecule has 4 aliphatic heterocycles. The van der Waals surface area contributed by atoms with Gasteiger partial charge in [0.25, 0.3) is 0 Å². The standard InChI is InChI=1S/C30H38N2O18/c33-8-18-20(36)22(38)24(40)29(48-18)50-25-23(39)21(37)19(9-34)49-30(25)47-17-7-14-11(6-16(17)35)5-15(28(45)46)32(14)2-1-10-3-12(26(41)42)31-13(4-10)27(43)44/h1,3,6-7,13,15,18-25,29-31,33-40H,2,4-5,8-9H2,(H,41,42)(H,43,44)(H,45,46)/p+1/b10-1-/t13-,15+,18-,19-,20-,21-,22+,23+,24-,25-,29+,30-/m1/s1. The fourth-order valence-electron chi connectivity index (χ4n) is 6.37. The number of hydrogen-bond acceptors (Lipinski definition) is 16. The smallest absolute Gasteiger partial charge is 0.363 e. The summed E-state index contributed by atoms with van der Waals surface area (Å²) < 4.78 is 22.5. The van der Waals surface area contributed by atoms with E-state index in [1.165, 1.54) is 24.3 Å². The van der Waals surface area contributed by atoms with Crippen LogP contribution < -0.4 is 15.0 Å². The molecule has 2 fully saturated rings. The Morgan fingerprint density at radius 3 is 2.10 bits per heavy atom. The van der Waals surface area contributed by atoms with Crippen LogP contribution in [0.5, 0.6) is 11.5 Å². The maximum Gasteiger partial charge on any atom is 0.363 e. The first-order valence-corrected chi connectivity index (χ1v) is 15.5. The molecule has 20 nitrogen and oxygen atoms in total. The van der Waals surface area contributed by atoms with Crippen LogP contribution in [0.1, 0.15) is 12.0 Å². The van der Waals surface area contributed by atoms with Gasteiger partial charge in [-0.25, -0.2) is 14.4 Å². The number of quaternary nitrogens is 1. The van der Waals surface area contributed by atoms with Gasteiger partial charge in [0.1, 0.15) is 66.7 Å². The van der Waals surface area contributed by atoms with Gasteiger partial charge in [0, 0.05) is 24.5 Å². The largest absolute Gasteiger partial charge is 0.504 e. The van der Waals surface area contributed by atoms with Crippen LogP contribution in [0.15, 0.2) is 35.6 Å². The van der Waals surface area contributed by atoms with Gasteiger partial charge in [-0.05, 0) is 23.8 Å². The summed E-state index contributed by atoms with van der Waals surface area (Å²) in [5.74, 6) is -4.74. The van der Waals surface area contributed by atoms with Crippen LogP contribution >= 0.6 is 0 Å². The topological polar surface area (TPSA) is 327 Å². The SMILES string of the molecule is O=C(O)C1=C/C(=C/C[NH+]2c3cc(O[C@@H]4O[C@H](CO)[C@@H](O)[C@H](O)[C@H]4O[C@@H]4O[C@H](CO)[C@@H](O)[C@H](O)[C@H]4O)c(O)cc3C[C@H]2C(=O)O)C[C@H](C(=O)O)N1. The molecule has 4 heterocycles. The van der Waals surface area contributed by atoms with Gasteiger partial charge >= 0.3 is 17.9 Å². The Labute approximate surface area is 282 Å². The number of allylic oxidation sites excluding steroid dienone is 1. The molecule has 1 aromatic rings. The molecule has 0 amide bonds. The molecular formula is C30H39N2O18+. The lowest BCUT2D eigenvalue weighted by atomic mass is 9.97. The summed E-state index contributed by atoms with van der Waals surface area (Å²) >= 11 is 0. The van der Waals surface area contributed by atoms with E-state index >= 15 is 0 Å². The first kappa shape index (κ1) is 37.3. The maximum absolute atomic E-state index is 12.3. The number of carbonyl (C=O) groups is 3. The first-order chi connectivity index (χ1) is 23.6. The number of aliphatic hydroxyl groups excluding tert-OH is 7. The molecule has 5 rings (SSSR count). The van der Waals surface area contributed by atoms with Crippen LogP contribution in [0.25, 0.3) is 0 Å². The van der Waals surface area contributed by atoms with Crippen LogP contribution in [0.4, 0.5) is 5.69 Å². The van der Waals surface area contributed by atoms with E-state index in [9.17, 15) is 70.6 Å². The van der Waals surface area contributed by atoms with Crippen molar-refractivity contribution in [2.75, 3.05) is 19.8 Å². The number of ether oxygens (including phenoxy) is 4. The van der Waals surface area contributed by atoms with Crippen LogP contribution in [-0.4, -0.2) is 167 Å². The number of rotatable bonds is 11. The molecule has 13 N–H and O–H groups in total. The third-order valence-corrected chi connectivity index (χ3v) is 9.09. The van der Waals surface area contributed by atoms with Crippen molar-refractivity contribution in [3.63, 3.8) is 0 Å². The van der Waals surface area contributed by atoms with E-state index in [-0.39, 0.29) is 30.8 Å². The Morgan fingerprint density at radius 1 is 0.860 bits per heavy atom. The summed E-state index contributed by atoms with van der Waals surface area (Å²) in [6.45, 7) is -1.68. The number of phenolic OH excluding ortho intramolecular Hbond substituents is 1. The van der Waals surface area contributed by atoms with Gasteiger partial charge in [-0.15, -0.1) is 0 Å². The fourth-order valence-corrected chi connectivity index (χ4v) is 6.37. The van der Waals surface area contributed by atoms with E-state index in [1.54, 1.807) is 0 Å². The Bertz CT molecular complexity index is 1520. The first-order valence-electron chi connectivity index (χ1n) is 15.5. The number of fused-ring (bicyclic) bond motifs is 1. The molecule has 0 spiro atoms. The van der Waals surface area contributed by atoms with Crippen molar-refractivity contribution in [2.45, 2.75) is 86.3 Å². The molecule has 0 saturated carbocycles. The number of benzene rings is 1. The minimum absolute atomic E-state index is 0.0488. The zero-order valence-electron chi connectivity index (χ0n) is 26.1. The lowest BCUT2D eigenvalue weighted by Gasteiger charge is -2.45. The third kappa shape index (κ3) is 7.41. The van der Waals surface area contributed by atoms with Gasteiger partial charge in [-0.3, -0.25) is 4.90 Å². The van der Waals surface area contributed by atoms with Crippen LogP contribution in [0, 0.1) is 0 Å². The molecule has 13 atom stereocenters.